The van der Waals surface area contributed by atoms with Crippen molar-refractivity contribution < 1.29 is 4.74 Å². The number of H-pyrrole nitrogens is 1. The molecule has 1 atom stereocenters. The lowest BCUT2D eigenvalue weighted by atomic mass is 10.2. The molecule has 2 aromatic rings. The molecule has 84 valence electrons. The van der Waals surface area contributed by atoms with Crippen LogP contribution in [0.25, 0.3) is 11.0 Å². The molecule has 0 saturated carbocycles. The van der Waals surface area contributed by atoms with Gasteiger partial charge in [0.1, 0.15) is 0 Å². The van der Waals surface area contributed by atoms with Gasteiger partial charge in [-0.3, -0.25) is 0 Å². The van der Waals surface area contributed by atoms with Crippen molar-refractivity contribution in [3.63, 3.8) is 0 Å². The topological polar surface area (TPSA) is 29.9 Å². The third-order valence-electron chi connectivity index (χ3n) is 3.21. The van der Waals surface area contributed by atoms with Crippen LogP contribution in [-0.2, 0) is 4.74 Å². The molecule has 16 heavy (non-hydrogen) atoms. The molecule has 1 saturated heterocycles. The highest BCUT2D eigenvalue weighted by atomic mass is 32.1. The minimum Gasteiger partial charge on any atom is -0.379 e. The number of aromatic nitrogens is 2. The summed E-state index contributed by atoms with van der Waals surface area (Å²) in [5, 5.41) is 0. The summed E-state index contributed by atoms with van der Waals surface area (Å²) in [5.74, 6) is 0. The molecule has 0 radical (unpaired) electrons. The van der Waals surface area contributed by atoms with Crippen LogP contribution in [0.15, 0.2) is 18.2 Å². The fraction of sp³-hybridized carbons (Fsp3) is 0.417. The summed E-state index contributed by atoms with van der Waals surface area (Å²) < 4.78 is 8.46. The number of aromatic amines is 1. The Bertz CT molecular complexity index is 578. The summed E-state index contributed by atoms with van der Waals surface area (Å²) in [4.78, 5) is 3.27. The second-order valence-corrected chi connectivity index (χ2v) is 4.68. The first-order valence-electron chi connectivity index (χ1n) is 5.55. The van der Waals surface area contributed by atoms with Gasteiger partial charge in [-0.15, -0.1) is 0 Å². The molecule has 0 amide bonds. The van der Waals surface area contributed by atoms with Crippen molar-refractivity contribution in [2.45, 2.75) is 19.4 Å². The van der Waals surface area contributed by atoms with Gasteiger partial charge in [0.05, 0.1) is 23.7 Å². The maximum absolute atomic E-state index is 5.44. The summed E-state index contributed by atoms with van der Waals surface area (Å²) in [6, 6.07) is 6.64. The van der Waals surface area contributed by atoms with Gasteiger partial charge in [0.2, 0.25) is 0 Å². The number of para-hydroxylation sites is 1. The van der Waals surface area contributed by atoms with Gasteiger partial charge in [0.15, 0.2) is 4.77 Å². The van der Waals surface area contributed by atoms with E-state index in [-0.39, 0.29) is 0 Å². The Morgan fingerprint density at radius 3 is 3.12 bits per heavy atom. The number of nitrogens with one attached hydrogen (secondary N) is 1. The van der Waals surface area contributed by atoms with Crippen LogP contribution in [0.2, 0.25) is 0 Å². The third kappa shape index (κ3) is 1.41. The first-order valence-corrected chi connectivity index (χ1v) is 5.96. The van der Waals surface area contributed by atoms with E-state index in [9.17, 15) is 0 Å². The molecular weight excluding hydrogens is 220 g/mol. The number of hydrogen-bond donors (Lipinski definition) is 1. The van der Waals surface area contributed by atoms with Gasteiger partial charge in [-0.05, 0) is 37.2 Å². The van der Waals surface area contributed by atoms with Crippen molar-refractivity contribution in [2.75, 3.05) is 13.2 Å². The van der Waals surface area contributed by atoms with Crippen LogP contribution in [-0.4, -0.2) is 22.8 Å². The Kier molecular flexibility index (Phi) is 2.33. The summed E-state index contributed by atoms with van der Waals surface area (Å²) >= 11 is 5.40. The van der Waals surface area contributed by atoms with Crippen molar-refractivity contribution in [3.8, 4) is 0 Å². The zero-order valence-electron chi connectivity index (χ0n) is 9.19. The number of rotatable bonds is 1. The summed E-state index contributed by atoms with van der Waals surface area (Å²) in [6.45, 7) is 3.73. The summed E-state index contributed by atoms with van der Waals surface area (Å²) in [5.41, 5.74) is 3.61. The SMILES string of the molecule is Cc1cccc2[nH]c(=S)n(C3CCOC3)c12. The lowest BCUT2D eigenvalue weighted by Crippen LogP contribution is -2.09. The van der Waals surface area contributed by atoms with Gasteiger partial charge in [0, 0.05) is 6.61 Å². The van der Waals surface area contributed by atoms with Crippen LogP contribution >= 0.6 is 12.2 Å². The number of aryl methyl sites for hydroxylation is 1. The fourth-order valence-electron chi connectivity index (χ4n) is 2.43. The van der Waals surface area contributed by atoms with E-state index in [0.29, 0.717) is 6.04 Å². The zero-order valence-corrected chi connectivity index (χ0v) is 10.0. The Labute approximate surface area is 99.0 Å². The van der Waals surface area contributed by atoms with Crippen LogP contribution < -0.4 is 0 Å². The van der Waals surface area contributed by atoms with Crippen LogP contribution in [0.3, 0.4) is 0 Å². The normalized spacial score (nSPS) is 20.7. The lowest BCUT2D eigenvalue weighted by molar-refractivity contribution is 0.187. The summed E-state index contributed by atoms with van der Waals surface area (Å²) in [6.07, 6.45) is 1.05. The van der Waals surface area contributed by atoms with E-state index in [4.69, 9.17) is 17.0 Å². The largest absolute Gasteiger partial charge is 0.379 e. The minimum atomic E-state index is 0.391. The van der Waals surface area contributed by atoms with Crippen molar-refractivity contribution in [3.05, 3.63) is 28.5 Å². The van der Waals surface area contributed by atoms with Gasteiger partial charge in [-0.1, -0.05) is 12.1 Å². The molecule has 3 rings (SSSR count). The number of benzene rings is 1. The molecule has 1 aliphatic heterocycles. The number of imidazole rings is 1. The van der Waals surface area contributed by atoms with Crippen molar-refractivity contribution in [1.29, 1.82) is 0 Å². The van der Waals surface area contributed by atoms with E-state index in [0.717, 1.165) is 29.9 Å². The molecule has 0 spiro atoms. The van der Waals surface area contributed by atoms with Gasteiger partial charge in [0.25, 0.3) is 0 Å². The predicted molar refractivity (Wildman–Crippen MR) is 66.3 cm³/mol. The van der Waals surface area contributed by atoms with E-state index < -0.39 is 0 Å². The monoisotopic (exact) mass is 234 g/mol. The maximum Gasteiger partial charge on any atom is 0.178 e. The second kappa shape index (κ2) is 3.71. The van der Waals surface area contributed by atoms with Crippen molar-refractivity contribution in [2.24, 2.45) is 0 Å². The van der Waals surface area contributed by atoms with E-state index in [1.165, 1.54) is 11.1 Å². The minimum absolute atomic E-state index is 0.391. The standard InChI is InChI=1S/C12H14N2OS/c1-8-3-2-4-10-11(8)14(12(16)13-10)9-5-6-15-7-9/h2-4,9H,5-7H2,1H3,(H,13,16). The predicted octanol–water partition coefficient (Wildman–Crippen LogP) is 2.97. The quantitative estimate of drug-likeness (QED) is 0.769. The van der Waals surface area contributed by atoms with Crippen LogP contribution in [0.1, 0.15) is 18.0 Å². The molecule has 1 fully saturated rings. The van der Waals surface area contributed by atoms with Gasteiger partial charge in [-0.2, -0.15) is 0 Å². The number of hydrogen-bond acceptors (Lipinski definition) is 2. The summed E-state index contributed by atoms with van der Waals surface area (Å²) in [7, 11) is 0. The Morgan fingerprint density at radius 1 is 1.50 bits per heavy atom. The smallest absolute Gasteiger partial charge is 0.178 e. The average molecular weight is 234 g/mol. The number of ether oxygens (including phenoxy) is 1. The van der Waals surface area contributed by atoms with E-state index in [1.54, 1.807) is 0 Å². The molecule has 1 aromatic carbocycles. The van der Waals surface area contributed by atoms with E-state index in [1.807, 2.05) is 0 Å². The fourth-order valence-corrected chi connectivity index (χ4v) is 2.78. The zero-order chi connectivity index (χ0) is 11.1. The number of nitrogens with zero attached hydrogens (tertiary/aromatic N) is 1. The molecule has 1 unspecified atom stereocenters. The maximum atomic E-state index is 5.44. The first kappa shape index (κ1) is 10.1. The van der Waals surface area contributed by atoms with Crippen LogP contribution in [0.4, 0.5) is 0 Å². The van der Waals surface area contributed by atoms with Crippen molar-refractivity contribution >= 4 is 23.3 Å². The Balaban J connectivity index is 2.29. The van der Waals surface area contributed by atoms with Crippen molar-refractivity contribution in [1.82, 2.24) is 9.55 Å². The van der Waals surface area contributed by atoms with E-state index in [2.05, 4.69) is 34.7 Å². The molecule has 1 aliphatic rings. The van der Waals surface area contributed by atoms with E-state index >= 15 is 0 Å². The molecule has 1 N–H and O–H groups in total. The van der Waals surface area contributed by atoms with Gasteiger partial charge >= 0.3 is 0 Å². The molecule has 3 nitrogen and oxygen atoms in total. The third-order valence-corrected chi connectivity index (χ3v) is 3.51. The van der Waals surface area contributed by atoms with Crippen LogP contribution in [0.5, 0.6) is 0 Å². The molecule has 0 aliphatic carbocycles. The highest BCUT2D eigenvalue weighted by molar-refractivity contribution is 7.71. The molecular formula is C12H14N2OS. The lowest BCUT2D eigenvalue weighted by Gasteiger charge is -2.12. The van der Waals surface area contributed by atoms with Crippen LogP contribution in [0, 0.1) is 11.7 Å². The van der Waals surface area contributed by atoms with Gasteiger partial charge < -0.3 is 14.3 Å². The molecule has 0 bridgehead atoms. The highest BCUT2D eigenvalue weighted by Crippen LogP contribution is 2.26. The first-order chi connectivity index (χ1) is 7.77. The number of fused-ring (bicyclic) bond motifs is 1. The molecule has 2 heterocycles. The highest BCUT2D eigenvalue weighted by Gasteiger charge is 2.21. The Morgan fingerprint density at radius 2 is 2.38 bits per heavy atom. The molecule has 4 heteroatoms. The average Bonchev–Trinajstić information content (AvgIpc) is 2.84. The van der Waals surface area contributed by atoms with Gasteiger partial charge in [-0.25, -0.2) is 0 Å². The Hall–Kier alpha value is -1.13. The second-order valence-electron chi connectivity index (χ2n) is 4.29. The molecule has 1 aromatic heterocycles.